The Morgan fingerprint density at radius 1 is 0.880 bits per heavy atom. The zero-order valence-electron chi connectivity index (χ0n) is 14.8. The minimum Gasteiger partial charge on any atom is -0.508 e. The summed E-state index contributed by atoms with van der Waals surface area (Å²) in [6.45, 7) is 2.10. The van der Waals surface area contributed by atoms with Crippen molar-refractivity contribution in [3.05, 3.63) is 60.4 Å². The summed E-state index contributed by atoms with van der Waals surface area (Å²) in [5.74, 6) is -0.955. The number of unbranched alkanes of at least 4 members (excludes halogenated alkanes) is 2. The number of carboxylic acids is 1. The van der Waals surface area contributed by atoms with Crippen molar-refractivity contribution in [1.29, 1.82) is 0 Å². The number of carbonyl (C=O) groups is 1. The zero-order chi connectivity index (χ0) is 18.9. The van der Waals surface area contributed by atoms with E-state index in [4.69, 9.17) is 5.11 Å². The molecule has 0 spiro atoms. The molecule has 0 aliphatic rings. The Morgan fingerprint density at radius 3 is 2.16 bits per heavy atom. The van der Waals surface area contributed by atoms with Crippen LogP contribution in [-0.4, -0.2) is 38.6 Å². The van der Waals surface area contributed by atoms with Crippen molar-refractivity contribution in [3.8, 4) is 0 Å². The first-order chi connectivity index (χ1) is 12.0. The van der Waals surface area contributed by atoms with Crippen LogP contribution in [0.15, 0.2) is 60.4 Å². The lowest BCUT2D eigenvalue weighted by Gasteiger charge is -2.16. The molecule has 0 bridgehead atoms. The summed E-state index contributed by atoms with van der Waals surface area (Å²) >= 11 is 0. The average molecular weight is 350 g/mol. The molecule has 2 unspecified atom stereocenters. The number of aliphatic hydroxyl groups excluding tert-OH is 3. The van der Waals surface area contributed by atoms with Crippen LogP contribution in [0.25, 0.3) is 0 Å². The summed E-state index contributed by atoms with van der Waals surface area (Å²) in [7, 11) is 0. The average Bonchev–Trinajstić information content (AvgIpc) is 2.57. The van der Waals surface area contributed by atoms with Gasteiger partial charge in [-0.2, -0.15) is 0 Å². The van der Waals surface area contributed by atoms with Crippen molar-refractivity contribution < 1.29 is 25.2 Å². The molecule has 2 atom stereocenters. The number of allylic oxidation sites excluding steroid dienone is 8. The van der Waals surface area contributed by atoms with E-state index in [1.807, 2.05) is 6.08 Å². The van der Waals surface area contributed by atoms with Crippen LogP contribution in [0.1, 0.15) is 45.4 Å². The third-order valence-corrected chi connectivity index (χ3v) is 3.42. The van der Waals surface area contributed by atoms with E-state index >= 15 is 0 Å². The molecule has 0 aromatic heterocycles. The van der Waals surface area contributed by atoms with Gasteiger partial charge in [0.25, 0.3) is 0 Å². The predicted molar refractivity (Wildman–Crippen MR) is 100 cm³/mol. The van der Waals surface area contributed by atoms with Crippen molar-refractivity contribution in [1.82, 2.24) is 0 Å². The van der Waals surface area contributed by atoms with Crippen molar-refractivity contribution >= 4 is 5.97 Å². The summed E-state index contributed by atoms with van der Waals surface area (Å²) in [5, 5.41) is 37.6. The standard InChI is InChI=1S/C20H30O5/c1-2-3-7-14-18(22)19(23)15-10-6-9-13-17(21)12-8-4-5-11-16-20(24)25/h4-6,8-9,11-13,16,18-19,21-23H,2-3,7,10,14-15H2,1H3,(H,24,25). The van der Waals surface area contributed by atoms with E-state index in [1.54, 1.807) is 24.3 Å². The number of hydrogen-bond donors (Lipinski definition) is 4. The van der Waals surface area contributed by atoms with Gasteiger partial charge >= 0.3 is 5.97 Å². The normalized spacial score (nSPS) is 15.7. The molecular formula is C20H30O5. The molecule has 0 saturated heterocycles. The molecule has 0 fully saturated rings. The third-order valence-electron chi connectivity index (χ3n) is 3.42. The van der Waals surface area contributed by atoms with Crippen molar-refractivity contribution in [3.63, 3.8) is 0 Å². The second-order valence-electron chi connectivity index (χ2n) is 5.67. The smallest absolute Gasteiger partial charge is 0.328 e. The molecule has 0 rings (SSSR count). The van der Waals surface area contributed by atoms with Crippen molar-refractivity contribution in [2.45, 2.75) is 57.7 Å². The van der Waals surface area contributed by atoms with Gasteiger partial charge in [-0.3, -0.25) is 0 Å². The summed E-state index contributed by atoms with van der Waals surface area (Å²) in [4.78, 5) is 10.2. The molecule has 0 radical (unpaired) electrons. The first-order valence-electron chi connectivity index (χ1n) is 8.63. The maximum atomic E-state index is 10.2. The molecule has 0 saturated carbocycles. The van der Waals surface area contributed by atoms with Crippen LogP contribution < -0.4 is 0 Å². The maximum absolute atomic E-state index is 10.2. The molecule has 25 heavy (non-hydrogen) atoms. The van der Waals surface area contributed by atoms with Crippen molar-refractivity contribution in [2.24, 2.45) is 0 Å². The molecule has 5 nitrogen and oxygen atoms in total. The highest BCUT2D eigenvalue weighted by Gasteiger charge is 2.14. The summed E-state index contributed by atoms with van der Waals surface area (Å²) in [5.41, 5.74) is 0. The van der Waals surface area contributed by atoms with Gasteiger partial charge in [-0.1, -0.05) is 62.6 Å². The van der Waals surface area contributed by atoms with Gasteiger partial charge in [-0.05, 0) is 31.4 Å². The maximum Gasteiger partial charge on any atom is 0.328 e. The topological polar surface area (TPSA) is 98.0 Å². The third kappa shape index (κ3) is 15.2. The lowest BCUT2D eigenvalue weighted by atomic mass is 10.0. The number of carboxylic acid groups (broad SMARTS) is 1. The number of aliphatic hydroxyl groups is 3. The van der Waals surface area contributed by atoms with Crippen LogP contribution in [-0.2, 0) is 4.79 Å². The fourth-order valence-corrected chi connectivity index (χ4v) is 1.99. The minimum absolute atomic E-state index is 0.0586. The van der Waals surface area contributed by atoms with Crippen LogP contribution in [0.3, 0.4) is 0 Å². The van der Waals surface area contributed by atoms with Gasteiger partial charge in [0, 0.05) is 6.08 Å². The molecule has 140 valence electrons. The summed E-state index contributed by atoms with van der Waals surface area (Å²) < 4.78 is 0. The lowest BCUT2D eigenvalue weighted by Crippen LogP contribution is -2.25. The van der Waals surface area contributed by atoms with E-state index < -0.39 is 18.2 Å². The molecule has 0 heterocycles. The summed E-state index contributed by atoms with van der Waals surface area (Å²) in [6, 6.07) is 0. The SMILES string of the molecule is CCCCCC(O)C(O)CCC=CC=C(O)C=CC=CC=CC(=O)O. The highest BCUT2D eigenvalue weighted by Crippen LogP contribution is 2.11. The van der Waals surface area contributed by atoms with Crippen LogP contribution >= 0.6 is 0 Å². The van der Waals surface area contributed by atoms with Crippen LogP contribution in [0, 0.1) is 0 Å². The van der Waals surface area contributed by atoms with E-state index in [1.165, 1.54) is 18.2 Å². The highest BCUT2D eigenvalue weighted by molar-refractivity contribution is 5.80. The van der Waals surface area contributed by atoms with E-state index in [9.17, 15) is 20.1 Å². The largest absolute Gasteiger partial charge is 0.508 e. The van der Waals surface area contributed by atoms with Gasteiger partial charge in [0.15, 0.2) is 0 Å². The van der Waals surface area contributed by atoms with Gasteiger partial charge < -0.3 is 20.4 Å². The Balaban J connectivity index is 4.04. The molecule has 0 aliphatic heterocycles. The second-order valence-corrected chi connectivity index (χ2v) is 5.67. The molecule has 0 aromatic carbocycles. The fourth-order valence-electron chi connectivity index (χ4n) is 1.99. The first kappa shape index (κ1) is 22.9. The molecule has 5 heteroatoms. The van der Waals surface area contributed by atoms with Crippen LogP contribution in [0.2, 0.25) is 0 Å². The lowest BCUT2D eigenvalue weighted by molar-refractivity contribution is -0.131. The van der Waals surface area contributed by atoms with Gasteiger partial charge in [0.1, 0.15) is 5.76 Å². The Labute approximate surface area is 150 Å². The molecule has 0 aromatic rings. The number of aliphatic carboxylic acids is 1. The Kier molecular flexibility index (Phi) is 14.1. The van der Waals surface area contributed by atoms with E-state index in [2.05, 4.69) is 6.92 Å². The first-order valence-corrected chi connectivity index (χ1v) is 8.63. The fraction of sp³-hybridized carbons (Fsp3) is 0.450. The van der Waals surface area contributed by atoms with Gasteiger partial charge in [-0.15, -0.1) is 0 Å². The predicted octanol–water partition coefficient (Wildman–Crippen LogP) is 3.82. The van der Waals surface area contributed by atoms with Gasteiger partial charge in [0.05, 0.1) is 12.2 Å². The molecule has 0 amide bonds. The Morgan fingerprint density at radius 2 is 1.52 bits per heavy atom. The zero-order valence-corrected chi connectivity index (χ0v) is 14.8. The summed E-state index contributed by atoms with van der Waals surface area (Å²) in [6.07, 6.45) is 17.0. The second kappa shape index (κ2) is 15.4. The van der Waals surface area contributed by atoms with Crippen LogP contribution in [0.5, 0.6) is 0 Å². The van der Waals surface area contributed by atoms with Crippen LogP contribution in [0.4, 0.5) is 0 Å². The van der Waals surface area contributed by atoms with Crippen molar-refractivity contribution in [2.75, 3.05) is 0 Å². The van der Waals surface area contributed by atoms with E-state index in [-0.39, 0.29) is 5.76 Å². The minimum atomic E-state index is -1.01. The van der Waals surface area contributed by atoms with Gasteiger partial charge in [0.2, 0.25) is 0 Å². The molecular weight excluding hydrogens is 320 g/mol. The molecule has 4 N–H and O–H groups in total. The molecule has 0 aliphatic carbocycles. The number of hydrogen-bond acceptors (Lipinski definition) is 4. The monoisotopic (exact) mass is 350 g/mol. The number of rotatable bonds is 13. The highest BCUT2D eigenvalue weighted by atomic mass is 16.4. The van der Waals surface area contributed by atoms with E-state index in [0.29, 0.717) is 19.3 Å². The quantitative estimate of drug-likeness (QED) is 0.175. The Bertz CT molecular complexity index is 500. The van der Waals surface area contributed by atoms with Gasteiger partial charge in [-0.25, -0.2) is 4.79 Å². The van der Waals surface area contributed by atoms with E-state index in [0.717, 1.165) is 25.3 Å². The Hall–Kier alpha value is -2.11.